The Morgan fingerprint density at radius 1 is 1.10 bits per heavy atom. The fourth-order valence-electron chi connectivity index (χ4n) is 3.57. The Bertz CT molecular complexity index is 1000. The number of amides is 1. The summed E-state index contributed by atoms with van der Waals surface area (Å²) in [5.74, 6) is -0.792. The van der Waals surface area contributed by atoms with E-state index in [0.29, 0.717) is 26.3 Å². The van der Waals surface area contributed by atoms with Crippen molar-refractivity contribution in [3.8, 4) is 5.75 Å². The maximum atomic E-state index is 13.0. The van der Waals surface area contributed by atoms with Gasteiger partial charge in [0.2, 0.25) is 0 Å². The Balaban J connectivity index is 1.62. The van der Waals surface area contributed by atoms with Gasteiger partial charge in [0.1, 0.15) is 5.75 Å². The van der Waals surface area contributed by atoms with E-state index in [-0.39, 0.29) is 28.5 Å². The third-order valence-electron chi connectivity index (χ3n) is 5.23. The van der Waals surface area contributed by atoms with Crippen molar-refractivity contribution < 1.29 is 24.5 Å². The fraction of sp³-hybridized carbons (Fsp3) is 0.273. The van der Waals surface area contributed by atoms with E-state index in [9.17, 15) is 19.8 Å². The van der Waals surface area contributed by atoms with Crippen molar-refractivity contribution in [2.24, 2.45) is 0 Å². The molecule has 156 valence electrons. The number of benzene rings is 2. The molecule has 4 rings (SSSR count). The summed E-state index contributed by atoms with van der Waals surface area (Å²) in [6.07, 6.45) is 2.06. The number of phenols is 1. The van der Waals surface area contributed by atoms with E-state index in [4.69, 9.17) is 4.74 Å². The zero-order valence-electron chi connectivity index (χ0n) is 16.2. The van der Waals surface area contributed by atoms with Gasteiger partial charge >= 0.3 is 5.97 Å². The first-order valence-electron chi connectivity index (χ1n) is 9.65. The van der Waals surface area contributed by atoms with Crippen LogP contribution < -0.4 is 10.2 Å². The number of phenolic OH excluding ortho intramolecular Hbond substituents is 1. The molecule has 1 unspecified atom stereocenters. The van der Waals surface area contributed by atoms with Crippen molar-refractivity contribution in [1.29, 1.82) is 0 Å². The average Bonchev–Trinajstić information content (AvgIpc) is 3.29. The SMILES string of the molecule is O=C(Nc1cc(C2C=CSC2)ccc1C(=O)O)c1cc(N2CCOCC2)ccc1O. The van der Waals surface area contributed by atoms with Gasteiger partial charge in [0.25, 0.3) is 5.91 Å². The standard InChI is InChI=1S/C22H22N2O5S/c25-20-4-2-16(24-6-8-29-9-7-24)12-18(20)21(26)23-19-11-14(15-5-10-30-13-15)1-3-17(19)22(27)28/h1-5,10-12,15,25H,6-9,13H2,(H,23,26)(H,27,28). The topological polar surface area (TPSA) is 99.1 Å². The lowest BCUT2D eigenvalue weighted by atomic mass is 9.98. The summed E-state index contributed by atoms with van der Waals surface area (Å²) in [6.45, 7) is 2.60. The predicted molar refractivity (Wildman–Crippen MR) is 117 cm³/mol. The zero-order valence-corrected chi connectivity index (χ0v) is 17.0. The molecule has 30 heavy (non-hydrogen) atoms. The van der Waals surface area contributed by atoms with E-state index in [0.717, 1.165) is 17.0 Å². The quantitative estimate of drug-likeness (QED) is 0.673. The number of carbonyl (C=O) groups excluding carboxylic acids is 1. The number of hydrogen-bond donors (Lipinski definition) is 3. The van der Waals surface area contributed by atoms with Gasteiger partial charge in [-0.25, -0.2) is 4.79 Å². The molecule has 7 nitrogen and oxygen atoms in total. The van der Waals surface area contributed by atoms with Gasteiger partial charge in [-0.15, -0.1) is 11.8 Å². The first-order chi connectivity index (χ1) is 14.5. The number of ether oxygens (including phenoxy) is 1. The molecule has 0 spiro atoms. The van der Waals surface area contributed by atoms with Crippen LogP contribution in [-0.2, 0) is 4.74 Å². The minimum absolute atomic E-state index is 0.00514. The van der Waals surface area contributed by atoms with Crippen LogP contribution in [0.1, 0.15) is 32.2 Å². The van der Waals surface area contributed by atoms with Crippen molar-refractivity contribution in [3.63, 3.8) is 0 Å². The monoisotopic (exact) mass is 426 g/mol. The highest BCUT2D eigenvalue weighted by atomic mass is 32.2. The maximum absolute atomic E-state index is 13.0. The van der Waals surface area contributed by atoms with Crippen LogP contribution in [0.2, 0.25) is 0 Å². The normalized spacial score (nSPS) is 18.4. The molecule has 0 radical (unpaired) electrons. The van der Waals surface area contributed by atoms with E-state index in [2.05, 4.69) is 16.3 Å². The van der Waals surface area contributed by atoms with Crippen molar-refractivity contribution in [2.45, 2.75) is 5.92 Å². The second-order valence-corrected chi connectivity index (χ2v) is 8.07. The molecule has 1 atom stereocenters. The minimum atomic E-state index is -1.13. The van der Waals surface area contributed by atoms with Crippen molar-refractivity contribution in [1.82, 2.24) is 0 Å². The van der Waals surface area contributed by atoms with Crippen LogP contribution in [0.5, 0.6) is 5.75 Å². The van der Waals surface area contributed by atoms with Gasteiger partial charge in [-0.3, -0.25) is 4.79 Å². The van der Waals surface area contributed by atoms with Gasteiger partial charge in [0.05, 0.1) is 30.0 Å². The molecule has 0 saturated carbocycles. The van der Waals surface area contributed by atoms with Gasteiger partial charge < -0.3 is 25.2 Å². The number of carbonyl (C=O) groups is 2. The molecule has 1 fully saturated rings. The van der Waals surface area contributed by atoms with Crippen LogP contribution in [-0.4, -0.2) is 54.1 Å². The highest BCUT2D eigenvalue weighted by Gasteiger charge is 2.21. The number of nitrogens with zero attached hydrogens (tertiary/aromatic N) is 1. The molecular formula is C22H22N2O5S. The van der Waals surface area contributed by atoms with Crippen molar-refractivity contribution in [3.05, 3.63) is 64.6 Å². The summed E-state index contributed by atoms with van der Waals surface area (Å²) in [5.41, 5.74) is 2.05. The summed E-state index contributed by atoms with van der Waals surface area (Å²) in [6, 6.07) is 9.84. The summed E-state index contributed by atoms with van der Waals surface area (Å²) in [4.78, 5) is 26.7. The Kier molecular flexibility index (Phi) is 5.96. The number of morpholine rings is 1. The molecule has 1 amide bonds. The van der Waals surface area contributed by atoms with Crippen LogP contribution >= 0.6 is 11.8 Å². The third kappa shape index (κ3) is 4.29. The molecule has 3 N–H and O–H groups in total. The van der Waals surface area contributed by atoms with Gasteiger partial charge in [0.15, 0.2) is 0 Å². The van der Waals surface area contributed by atoms with Crippen molar-refractivity contribution in [2.75, 3.05) is 42.3 Å². The molecule has 0 bridgehead atoms. The number of allylic oxidation sites excluding steroid dienone is 1. The number of rotatable bonds is 5. The van der Waals surface area contributed by atoms with E-state index in [1.807, 2.05) is 5.41 Å². The Labute approximate surface area is 178 Å². The number of aromatic hydroxyl groups is 1. The lowest BCUT2D eigenvalue weighted by molar-refractivity contribution is 0.0698. The number of carboxylic acid groups (broad SMARTS) is 1. The molecule has 8 heteroatoms. The summed E-state index contributed by atoms with van der Waals surface area (Å²) < 4.78 is 5.36. The highest BCUT2D eigenvalue weighted by Crippen LogP contribution is 2.33. The predicted octanol–water partition coefficient (Wildman–Crippen LogP) is 3.52. The van der Waals surface area contributed by atoms with E-state index < -0.39 is 11.9 Å². The molecular weight excluding hydrogens is 404 g/mol. The van der Waals surface area contributed by atoms with Gasteiger partial charge in [-0.2, -0.15) is 0 Å². The lowest BCUT2D eigenvalue weighted by Crippen LogP contribution is -2.36. The number of hydrogen-bond acceptors (Lipinski definition) is 6. The second-order valence-electron chi connectivity index (χ2n) is 7.13. The van der Waals surface area contributed by atoms with Crippen LogP contribution in [0, 0.1) is 0 Å². The van der Waals surface area contributed by atoms with Gasteiger partial charge in [0, 0.05) is 30.4 Å². The van der Waals surface area contributed by atoms with E-state index >= 15 is 0 Å². The molecule has 0 aromatic heterocycles. The van der Waals surface area contributed by atoms with Crippen molar-refractivity contribution >= 4 is 35.0 Å². The maximum Gasteiger partial charge on any atom is 0.337 e. The van der Waals surface area contributed by atoms with Gasteiger partial charge in [-0.1, -0.05) is 12.1 Å². The number of nitrogens with one attached hydrogen (secondary N) is 1. The zero-order chi connectivity index (χ0) is 21.1. The number of thioether (sulfide) groups is 1. The second kappa shape index (κ2) is 8.81. The smallest absolute Gasteiger partial charge is 0.337 e. The molecule has 1 saturated heterocycles. The molecule has 0 aliphatic carbocycles. The molecule has 2 aromatic rings. The first kappa shape index (κ1) is 20.3. The average molecular weight is 426 g/mol. The van der Waals surface area contributed by atoms with E-state index in [1.165, 1.54) is 12.1 Å². The highest BCUT2D eigenvalue weighted by molar-refractivity contribution is 8.02. The lowest BCUT2D eigenvalue weighted by Gasteiger charge is -2.29. The molecule has 2 aliphatic heterocycles. The molecule has 2 heterocycles. The fourth-order valence-corrected chi connectivity index (χ4v) is 4.49. The summed E-state index contributed by atoms with van der Waals surface area (Å²) in [5, 5.41) is 24.5. The number of aromatic carboxylic acids is 1. The van der Waals surface area contributed by atoms with Crippen LogP contribution in [0.3, 0.4) is 0 Å². The van der Waals surface area contributed by atoms with Gasteiger partial charge in [-0.05, 0) is 41.3 Å². The Morgan fingerprint density at radius 3 is 2.60 bits per heavy atom. The number of carboxylic acids is 1. The third-order valence-corrected chi connectivity index (χ3v) is 6.14. The first-order valence-corrected chi connectivity index (χ1v) is 10.7. The minimum Gasteiger partial charge on any atom is -0.507 e. The largest absolute Gasteiger partial charge is 0.507 e. The van der Waals surface area contributed by atoms with E-state index in [1.54, 1.807) is 36.0 Å². The molecule has 2 aliphatic rings. The van der Waals surface area contributed by atoms with Crippen LogP contribution in [0.15, 0.2) is 47.9 Å². The Morgan fingerprint density at radius 2 is 1.90 bits per heavy atom. The Hall–Kier alpha value is -2.97. The molecule has 2 aromatic carbocycles. The summed E-state index contributed by atoms with van der Waals surface area (Å²) in [7, 11) is 0. The number of anilines is 2. The van der Waals surface area contributed by atoms with Crippen LogP contribution in [0.25, 0.3) is 0 Å². The summed E-state index contributed by atoms with van der Waals surface area (Å²) >= 11 is 1.69. The van der Waals surface area contributed by atoms with Crippen LogP contribution in [0.4, 0.5) is 11.4 Å².